The predicted octanol–water partition coefficient (Wildman–Crippen LogP) is 1.42. The van der Waals surface area contributed by atoms with Crippen molar-refractivity contribution in [1.29, 1.82) is 0 Å². The Kier molecular flexibility index (Phi) is 5.73. The maximum atomic E-state index is 10.3. The summed E-state index contributed by atoms with van der Waals surface area (Å²) in [4.78, 5) is 4.63. The lowest BCUT2D eigenvalue weighted by Gasteiger charge is -2.40. The summed E-state index contributed by atoms with van der Waals surface area (Å²) in [5.74, 6) is 0.639. The fourth-order valence-electron chi connectivity index (χ4n) is 2.64. The van der Waals surface area contributed by atoms with Crippen molar-refractivity contribution in [2.75, 3.05) is 33.7 Å². The number of hydrogen-bond acceptors (Lipinski definition) is 3. The van der Waals surface area contributed by atoms with Crippen molar-refractivity contribution < 1.29 is 5.11 Å². The largest absolute Gasteiger partial charge is 0.391 e. The molecule has 1 heterocycles. The molecule has 0 bridgehead atoms. The number of likely N-dealkylation sites (N-methyl/N-ethyl adjacent to an activating group) is 2. The molecule has 1 fully saturated rings. The van der Waals surface area contributed by atoms with Gasteiger partial charge in [-0.1, -0.05) is 26.7 Å². The van der Waals surface area contributed by atoms with Gasteiger partial charge < -0.3 is 10.0 Å². The van der Waals surface area contributed by atoms with Crippen molar-refractivity contribution in [2.24, 2.45) is 5.92 Å². The number of nitrogens with zero attached hydrogens (tertiary/aromatic N) is 2. The average Bonchev–Trinajstić information content (AvgIpc) is 2.21. The molecule has 0 spiro atoms. The number of hydrogen-bond donors (Lipinski definition) is 1. The summed E-state index contributed by atoms with van der Waals surface area (Å²) in [5.41, 5.74) is 0. The lowest BCUT2D eigenvalue weighted by Crippen LogP contribution is -2.55. The second-order valence-corrected chi connectivity index (χ2v) is 5.51. The van der Waals surface area contributed by atoms with Gasteiger partial charge in [-0.25, -0.2) is 0 Å². The first kappa shape index (κ1) is 13.9. The topological polar surface area (TPSA) is 26.7 Å². The fourth-order valence-corrected chi connectivity index (χ4v) is 2.64. The van der Waals surface area contributed by atoms with Crippen molar-refractivity contribution in [3.63, 3.8) is 0 Å². The van der Waals surface area contributed by atoms with E-state index >= 15 is 0 Å². The highest BCUT2D eigenvalue weighted by molar-refractivity contribution is 4.85. The molecule has 0 radical (unpaired) electrons. The molecule has 0 aromatic heterocycles. The first-order valence-corrected chi connectivity index (χ1v) is 6.61. The van der Waals surface area contributed by atoms with E-state index in [4.69, 9.17) is 0 Å². The summed E-state index contributed by atoms with van der Waals surface area (Å²) in [6.07, 6.45) is 3.21. The molecule has 96 valence electrons. The normalized spacial score (nSPS) is 27.9. The average molecular weight is 228 g/mol. The number of rotatable bonds is 5. The number of aliphatic hydroxyl groups is 1. The molecular weight excluding hydrogens is 200 g/mol. The van der Waals surface area contributed by atoms with E-state index in [-0.39, 0.29) is 6.10 Å². The molecular formula is C13H28N2O. The minimum atomic E-state index is -0.172. The van der Waals surface area contributed by atoms with Crippen LogP contribution in [0.1, 0.15) is 33.1 Å². The highest BCUT2D eigenvalue weighted by Crippen LogP contribution is 2.18. The predicted molar refractivity (Wildman–Crippen MR) is 68.6 cm³/mol. The highest BCUT2D eigenvalue weighted by Gasteiger charge is 2.29. The van der Waals surface area contributed by atoms with Crippen LogP contribution in [0, 0.1) is 5.92 Å². The third-order valence-electron chi connectivity index (χ3n) is 3.77. The molecule has 3 heteroatoms. The van der Waals surface area contributed by atoms with Gasteiger partial charge in [0.05, 0.1) is 6.10 Å². The van der Waals surface area contributed by atoms with Gasteiger partial charge in [0, 0.05) is 25.7 Å². The van der Waals surface area contributed by atoms with Crippen LogP contribution >= 0.6 is 0 Å². The Bertz CT molecular complexity index is 198. The molecule has 0 aromatic rings. The molecule has 3 atom stereocenters. The Hall–Kier alpha value is -0.120. The maximum Gasteiger partial charge on any atom is 0.0710 e. The molecule has 16 heavy (non-hydrogen) atoms. The lowest BCUT2D eigenvalue weighted by atomic mass is 9.93. The molecule has 1 aliphatic rings. The van der Waals surface area contributed by atoms with E-state index in [2.05, 4.69) is 37.7 Å². The summed E-state index contributed by atoms with van der Waals surface area (Å²) in [6, 6.07) is 0.318. The van der Waals surface area contributed by atoms with Crippen molar-refractivity contribution in [3.8, 4) is 0 Å². The summed E-state index contributed by atoms with van der Waals surface area (Å²) >= 11 is 0. The molecule has 1 rings (SSSR count). The zero-order chi connectivity index (χ0) is 12.1. The Morgan fingerprint density at radius 1 is 1.31 bits per heavy atom. The quantitative estimate of drug-likeness (QED) is 0.771. The summed E-state index contributed by atoms with van der Waals surface area (Å²) in [6.45, 7) is 7.64. The molecule has 0 aliphatic carbocycles. The third-order valence-corrected chi connectivity index (χ3v) is 3.77. The van der Waals surface area contributed by atoms with E-state index in [9.17, 15) is 5.11 Å². The van der Waals surface area contributed by atoms with E-state index in [1.54, 1.807) is 0 Å². The Balaban J connectivity index is 2.41. The zero-order valence-corrected chi connectivity index (χ0v) is 11.3. The van der Waals surface area contributed by atoms with Crippen molar-refractivity contribution >= 4 is 0 Å². The molecule has 1 aliphatic heterocycles. The SMILES string of the molecule is CCCC(C)CC(O)C1CN(C)CCN1C. The van der Waals surface area contributed by atoms with E-state index in [0.717, 1.165) is 26.1 Å². The fraction of sp³-hybridized carbons (Fsp3) is 1.00. The van der Waals surface area contributed by atoms with Crippen LogP contribution in [0.15, 0.2) is 0 Å². The Labute approximate surface area is 100 Å². The summed E-state index contributed by atoms with van der Waals surface area (Å²) in [7, 11) is 4.27. The van der Waals surface area contributed by atoms with Gasteiger partial charge in [0.15, 0.2) is 0 Å². The smallest absolute Gasteiger partial charge is 0.0710 e. The van der Waals surface area contributed by atoms with Crippen LogP contribution in [0.3, 0.4) is 0 Å². The zero-order valence-electron chi connectivity index (χ0n) is 11.3. The van der Waals surface area contributed by atoms with Crippen LogP contribution in [0.25, 0.3) is 0 Å². The van der Waals surface area contributed by atoms with Gasteiger partial charge in [-0.05, 0) is 26.4 Å². The van der Waals surface area contributed by atoms with Gasteiger partial charge in [-0.3, -0.25) is 4.90 Å². The van der Waals surface area contributed by atoms with Gasteiger partial charge in [0.2, 0.25) is 0 Å². The van der Waals surface area contributed by atoms with Gasteiger partial charge in [-0.2, -0.15) is 0 Å². The van der Waals surface area contributed by atoms with Crippen molar-refractivity contribution in [1.82, 2.24) is 9.80 Å². The number of piperazine rings is 1. The monoisotopic (exact) mass is 228 g/mol. The first-order valence-electron chi connectivity index (χ1n) is 6.61. The van der Waals surface area contributed by atoms with E-state index in [1.807, 2.05) is 0 Å². The first-order chi connectivity index (χ1) is 7.54. The second kappa shape index (κ2) is 6.58. The van der Waals surface area contributed by atoms with Crippen LogP contribution in [0.4, 0.5) is 0 Å². The Morgan fingerprint density at radius 2 is 2.00 bits per heavy atom. The maximum absolute atomic E-state index is 10.3. The molecule has 1 saturated heterocycles. The van der Waals surface area contributed by atoms with Crippen LogP contribution in [0.5, 0.6) is 0 Å². The standard InChI is InChI=1S/C13H28N2O/c1-5-6-11(2)9-13(16)12-10-14(3)7-8-15(12)4/h11-13,16H,5-10H2,1-4H3. The van der Waals surface area contributed by atoms with E-state index in [0.29, 0.717) is 12.0 Å². The minimum Gasteiger partial charge on any atom is -0.391 e. The second-order valence-electron chi connectivity index (χ2n) is 5.51. The summed E-state index contributed by atoms with van der Waals surface area (Å²) in [5, 5.41) is 10.3. The Morgan fingerprint density at radius 3 is 2.62 bits per heavy atom. The van der Waals surface area contributed by atoms with Gasteiger partial charge >= 0.3 is 0 Å². The highest BCUT2D eigenvalue weighted by atomic mass is 16.3. The van der Waals surface area contributed by atoms with Gasteiger partial charge in [0.1, 0.15) is 0 Å². The third kappa shape index (κ3) is 4.04. The van der Waals surface area contributed by atoms with Crippen molar-refractivity contribution in [3.05, 3.63) is 0 Å². The number of aliphatic hydroxyl groups excluding tert-OH is 1. The van der Waals surface area contributed by atoms with Gasteiger partial charge in [0.25, 0.3) is 0 Å². The van der Waals surface area contributed by atoms with Crippen LogP contribution in [-0.4, -0.2) is 60.8 Å². The molecule has 1 N–H and O–H groups in total. The lowest BCUT2D eigenvalue weighted by molar-refractivity contribution is 0.00360. The summed E-state index contributed by atoms with van der Waals surface area (Å²) < 4.78 is 0. The van der Waals surface area contributed by atoms with Crippen LogP contribution < -0.4 is 0 Å². The van der Waals surface area contributed by atoms with Crippen LogP contribution in [-0.2, 0) is 0 Å². The molecule has 0 saturated carbocycles. The van der Waals surface area contributed by atoms with Crippen molar-refractivity contribution in [2.45, 2.75) is 45.3 Å². The van der Waals surface area contributed by atoms with Crippen LogP contribution in [0.2, 0.25) is 0 Å². The molecule has 3 nitrogen and oxygen atoms in total. The van der Waals surface area contributed by atoms with E-state index in [1.165, 1.54) is 12.8 Å². The minimum absolute atomic E-state index is 0.172. The van der Waals surface area contributed by atoms with E-state index < -0.39 is 0 Å². The molecule has 0 aromatic carbocycles. The molecule has 3 unspecified atom stereocenters. The van der Waals surface area contributed by atoms with Gasteiger partial charge in [-0.15, -0.1) is 0 Å². The molecule has 0 amide bonds.